The SMILES string of the molecule is CC(C)Cc1nnc(NS(=O)(=O)c2ccccc2CN)s1. The Morgan fingerprint density at radius 1 is 1.29 bits per heavy atom. The van der Waals surface area contributed by atoms with Gasteiger partial charge < -0.3 is 5.73 Å². The largest absolute Gasteiger partial charge is 0.326 e. The fourth-order valence-electron chi connectivity index (χ4n) is 1.83. The minimum atomic E-state index is -3.69. The molecule has 0 bridgehead atoms. The monoisotopic (exact) mass is 326 g/mol. The Kier molecular flexibility index (Phi) is 4.92. The summed E-state index contributed by atoms with van der Waals surface area (Å²) in [7, 11) is -3.69. The molecule has 114 valence electrons. The van der Waals surface area contributed by atoms with E-state index in [9.17, 15) is 8.42 Å². The average molecular weight is 326 g/mol. The van der Waals surface area contributed by atoms with E-state index in [1.807, 2.05) is 0 Å². The van der Waals surface area contributed by atoms with Gasteiger partial charge in [-0.25, -0.2) is 8.42 Å². The lowest BCUT2D eigenvalue weighted by Gasteiger charge is -2.08. The topological polar surface area (TPSA) is 98.0 Å². The Hall–Kier alpha value is -1.51. The van der Waals surface area contributed by atoms with E-state index in [1.165, 1.54) is 17.4 Å². The molecule has 0 aliphatic carbocycles. The maximum atomic E-state index is 12.4. The average Bonchev–Trinajstić information content (AvgIpc) is 2.84. The Bertz CT molecular complexity index is 710. The first-order valence-electron chi connectivity index (χ1n) is 6.55. The van der Waals surface area contributed by atoms with Gasteiger partial charge in [0.2, 0.25) is 5.13 Å². The summed E-state index contributed by atoms with van der Waals surface area (Å²) < 4.78 is 27.2. The van der Waals surface area contributed by atoms with Crippen molar-refractivity contribution in [2.45, 2.75) is 31.7 Å². The molecule has 0 unspecified atom stereocenters. The molecule has 0 aliphatic rings. The zero-order valence-electron chi connectivity index (χ0n) is 11.9. The second-order valence-electron chi connectivity index (χ2n) is 5.02. The van der Waals surface area contributed by atoms with E-state index in [4.69, 9.17) is 5.73 Å². The Morgan fingerprint density at radius 2 is 2.00 bits per heavy atom. The molecule has 0 amide bonds. The molecule has 1 aromatic carbocycles. The fraction of sp³-hybridized carbons (Fsp3) is 0.385. The summed E-state index contributed by atoms with van der Waals surface area (Å²) in [6, 6.07) is 6.64. The minimum Gasteiger partial charge on any atom is -0.326 e. The van der Waals surface area contributed by atoms with E-state index >= 15 is 0 Å². The first-order valence-corrected chi connectivity index (χ1v) is 8.85. The predicted octanol–water partition coefficient (Wildman–Crippen LogP) is 2.00. The predicted molar refractivity (Wildman–Crippen MR) is 83.6 cm³/mol. The summed E-state index contributed by atoms with van der Waals surface area (Å²) in [4.78, 5) is 0.174. The summed E-state index contributed by atoms with van der Waals surface area (Å²) in [6.45, 7) is 4.30. The van der Waals surface area contributed by atoms with Gasteiger partial charge in [0.05, 0.1) is 4.90 Å². The van der Waals surface area contributed by atoms with Gasteiger partial charge in [-0.1, -0.05) is 43.4 Å². The molecule has 0 fully saturated rings. The van der Waals surface area contributed by atoms with Crippen LogP contribution in [0.1, 0.15) is 24.4 Å². The highest BCUT2D eigenvalue weighted by atomic mass is 32.2. The van der Waals surface area contributed by atoms with Crippen LogP contribution in [0.3, 0.4) is 0 Å². The number of anilines is 1. The maximum absolute atomic E-state index is 12.4. The van der Waals surface area contributed by atoms with Gasteiger partial charge in [0.15, 0.2) is 0 Å². The highest BCUT2D eigenvalue weighted by Gasteiger charge is 2.19. The van der Waals surface area contributed by atoms with Crippen molar-refractivity contribution in [2.24, 2.45) is 11.7 Å². The Balaban J connectivity index is 2.23. The molecule has 8 heteroatoms. The molecule has 6 nitrogen and oxygen atoms in total. The van der Waals surface area contributed by atoms with Crippen molar-refractivity contribution < 1.29 is 8.42 Å². The second kappa shape index (κ2) is 6.50. The number of hydrogen-bond acceptors (Lipinski definition) is 6. The van der Waals surface area contributed by atoms with Crippen LogP contribution < -0.4 is 10.5 Å². The minimum absolute atomic E-state index is 0.159. The van der Waals surface area contributed by atoms with Crippen molar-refractivity contribution >= 4 is 26.5 Å². The fourth-order valence-corrected chi connectivity index (χ4v) is 4.27. The molecule has 0 aliphatic heterocycles. The summed E-state index contributed by atoms with van der Waals surface area (Å²) in [5.41, 5.74) is 6.15. The van der Waals surface area contributed by atoms with Crippen LogP contribution in [0.25, 0.3) is 0 Å². The molecular formula is C13H18N4O2S2. The van der Waals surface area contributed by atoms with Crippen LogP contribution in [0.2, 0.25) is 0 Å². The standard InChI is InChI=1S/C13H18N4O2S2/c1-9(2)7-12-15-16-13(20-12)17-21(18,19)11-6-4-3-5-10(11)8-14/h3-6,9H,7-8,14H2,1-2H3,(H,16,17). The molecule has 1 heterocycles. The Morgan fingerprint density at radius 3 is 2.67 bits per heavy atom. The smallest absolute Gasteiger partial charge is 0.264 e. The van der Waals surface area contributed by atoms with Gasteiger partial charge >= 0.3 is 0 Å². The molecular weight excluding hydrogens is 308 g/mol. The number of nitrogens with one attached hydrogen (secondary N) is 1. The van der Waals surface area contributed by atoms with Crippen molar-refractivity contribution in [1.82, 2.24) is 10.2 Å². The van der Waals surface area contributed by atoms with E-state index in [0.29, 0.717) is 11.5 Å². The molecule has 2 rings (SSSR count). The van der Waals surface area contributed by atoms with Gasteiger partial charge in [-0.05, 0) is 17.5 Å². The molecule has 2 aromatic rings. The lowest BCUT2D eigenvalue weighted by atomic mass is 10.1. The van der Waals surface area contributed by atoms with Gasteiger partial charge in [0.25, 0.3) is 10.0 Å². The normalized spacial score (nSPS) is 11.8. The lowest BCUT2D eigenvalue weighted by molar-refractivity contribution is 0.600. The third kappa shape index (κ3) is 3.99. The maximum Gasteiger partial charge on any atom is 0.264 e. The first-order chi connectivity index (χ1) is 9.92. The highest BCUT2D eigenvalue weighted by molar-refractivity contribution is 7.93. The van der Waals surface area contributed by atoms with Crippen LogP contribution in [-0.2, 0) is 23.0 Å². The quantitative estimate of drug-likeness (QED) is 0.846. The summed E-state index contributed by atoms with van der Waals surface area (Å²) in [5.74, 6) is 0.445. The van der Waals surface area contributed by atoms with Gasteiger partial charge in [-0.3, -0.25) is 4.72 Å². The van der Waals surface area contributed by atoms with Crippen LogP contribution >= 0.6 is 11.3 Å². The van der Waals surface area contributed by atoms with E-state index in [-0.39, 0.29) is 16.6 Å². The van der Waals surface area contributed by atoms with Gasteiger partial charge in [-0.2, -0.15) is 0 Å². The third-order valence-electron chi connectivity index (χ3n) is 2.75. The van der Waals surface area contributed by atoms with Crippen molar-refractivity contribution in [3.8, 4) is 0 Å². The Labute approximate surface area is 128 Å². The molecule has 1 aromatic heterocycles. The molecule has 3 N–H and O–H groups in total. The molecule has 0 saturated carbocycles. The van der Waals surface area contributed by atoms with Crippen LogP contribution in [-0.4, -0.2) is 18.6 Å². The molecule has 0 radical (unpaired) electrons. The third-order valence-corrected chi connectivity index (χ3v) is 5.18. The van der Waals surface area contributed by atoms with E-state index in [2.05, 4.69) is 28.8 Å². The highest BCUT2D eigenvalue weighted by Crippen LogP contribution is 2.23. The summed E-state index contributed by atoms with van der Waals surface area (Å²) in [6.07, 6.45) is 0.777. The van der Waals surface area contributed by atoms with Crippen LogP contribution in [0.15, 0.2) is 29.2 Å². The first kappa shape index (κ1) is 15.9. The zero-order valence-corrected chi connectivity index (χ0v) is 13.5. The van der Waals surface area contributed by atoms with Crippen LogP contribution in [0.4, 0.5) is 5.13 Å². The van der Waals surface area contributed by atoms with Crippen molar-refractivity contribution in [3.63, 3.8) is 0 Å². The van der Waals surface area contributed by atoms with Crippen molar-refractivity contribution in [1.29, 1.82) is 0 Å². The van der Waals surface area contributed by atoms with Gasteiger partial charge in [0.1, 0.15) is 5.01 Å². The van der Waals surface area contributed by atoms with E-state index < -0.39 is 10.0 Å². The second-order valence-corrected chi connectivity index (χ2v) is 7.73. The van der Waals surface area contributed by atoms with Crippen LogP contribution in [0.5, 0.6) is 0 Å². The number of benzene rings is 1. The van der Waals surface area contributed by atoms with Crippen LogP contribution in [0, 0.1) is 5.92 Å². The number of aromatic nitrogens is 2. The number of sulfonamides is 1. The van der Waals surface area contributed by atoms with E-state index in [0.717, 1.165) is 11.4 Å². The van der Waals surface area contributed by atoms with Gasteiger partial charge in [0, 0.05) is 13.0 Å². The number of nitrogens with zero attached hydrogens (tertiary/aromatic N) is 2. The van der Waals surface area contributed by atoms with E-state index in [1.54, 1.807) is 18.2 Å². The zero-order chi connectivity index (χ0) is 15.5. The lowest BCUT2D eigenvalue weighted by Crippen LogP contribution is -2.16. The van der Waals surface area contributed by atoms with Gasteiger partial charge in [-0.15, -0.1) is 10.2 Å². The molecule has 21 heavy (non-hydrogen) atoms. The van der Waals surface area contributed by atoms with Crippen molar-refractivity contribution in [2.75, 3.05) is 4.72 Å². The van der Waals surface area contributed by atoms with Crippen molar-refractivity contribution in [3.05, 3.63) is 34.8 Å². The molecule has 0 spiro atoms. The molecule has 0 atom stereocenters. The molecule has 0 saturated heterocycles. The summed E-state index contributed by atoms with van der Waals surface area (Å²) >= 11 is 1.25. The number of rotatable bonds is 6. The number of nitrogens with two attached hydrogens (primary N) is 1. The summed E-state index contributed by atoms with van der Waals surface area (Å²) in [5, 5.41) is 8.97. The number of hydrogen-bond donors (Lipinski definition) is 2.